The molecule has 4 heterocycles. The van der Waals surface area contributed by atoms with Crippen LogP contribution in [0.3, 0.4) is 0 Å². The smallest absolute Gasteiger partial charge is 0.870 e. The van der Waals surface area contributed by atoms with Gasteiger partial charge in [-0.15, -0.1) is 11.8 Å². The van der Waals surface area contributed by atoms with Crippen molar-refractivity contribution in [1.29, 1.82) is 0 Å². The molecule has 6 rings (SSSR count). The van der Waals surface area contributed by atoms with Crippen LogP contribution in [0.4, 0.5) is 0 Å². The third-order valence-corrected chi connectivity index (χ3v) is 6.42. The number of carboxylic acid groups (broad SMARTS) is 4. The van der Waals surface area contributed by atoms with Crippen LogP contribution in [0.15, 0.2) is 24.3 Å². The van der Waals surface area contributed by atoms with Gasteiger partial charge in [0.1, 0.15) is 22.8 Å². The van der Waals surface area contributed by atoms with E-state index in [0.29, 0.717) is 0 Å². The molecule has 0 aliphatic heterocycles. The van der Waals surface area contributed by atoms with Crippen LogP contribution in [0.25, 0.3) is 22.5 Å². The molecule has 0 spiro atoms. The average molecular weight is 690 g/mol. The van der Waals surface area contributed by atoms with Crippen molar-refractivity contribution in [2.75, 3.05) is 0 Å². The van der Waals surface area contributed by atoms with Crippen LogP contribution in [-0.2, 0) is 14.4 Å². The van der Waals surface area contributed by atoms with Gasteiger partial charge in [-0.05, 0) is 17.7 Å². The molecular weight excluding hydrogens is 678 g/mol. The van der Waals surface area contributed by atoms with Crippen molar-refractivity contribution < 1.29 is 121 Å². The zero-order valence-corrected chi connectivity index (χ0v) is 25.4. The third kappa shape index (κ3) is 7.69. The first kappa shape index (κ1) is 42.4. The van der Waals surface area contributed by atoms with Crippen molar-refractivity contribution in [3.05, 3.63) is 75.5 Å². The summed E-state index contributed by atoms with van der Waals surface area (Å²) in [6, 6.07) is 3.92. The number of nitrogens with zero attached hydrogens (tertiary/aromatic N) is 2. The maximum absolute atomic E-state index is 12.2. The molecule has 0 amide bonds. The molecule has 0 aromatic carbocycles. The molecule has 4 aromatic heterocycles. The topological polar surface area (TPSA) is 365 Å². The molecule has 21 nitrogen and oxygen atoms in total. The largest absolute Gasteiger partial charge is 1.00 e. The summed E-state index contributed by atoms with van der Waals surface area (Å²) in [7, 11) is 0. The number of hydrogen-bond donors (Lipinski definition) is 6. The van der Waals surface area contributed by atoms with E-state index >= 15 is 0 Å². The summed E-state index contributed by atoms with van der Waals surface area (Å²) in [5.41, 5.74) is -3.89. The van der Waals surface area contributed by atoms with Gasteiger partial charge in [0.2, 0.25) is 17.4 Å². The van der Waals surface area contributed by atoms with Gasteiger partial charge in [0, 0.05) is 11.6 Å². The Bertz CT molecular complexity index is 2210. The van der Waals surface area contributed by atoms with Gasteiger partial charge >= 0.3 is 67.7 Å². The minimum atomic E-state index is -1.55. The second-order valence-corrected chi connectivity index (χ2v) is 9.02. The standard InChI is InChI=1S/C14H6N2O8.C13H5N2O6.CO2.2Li.H2O/c17-3-24-7-2-5-9(16-7)8-4(13(20)21)1-6(14(22)23)15-10(8)12(19)11(5)18;16-10-4-1-2-14-8(4)7-5(12(18)19)3-6(13(20)21)15-9(7)11(10)17;2-1-3;;;/h1-3,16H,(H,20,21)(H,22,23);1,3,14H,(H,18,19)(H,20,21);;;;1H2/q;-1;;2*+1;/p-1. The van der Waals surface area contributed by atoms with E-state index < -0.39 is 80.9 Å². The minimum Gasteiger partial charge on any atom is -0.870 e. The molecule has 4 aromatic rings. The second-order valence-electron chi connectivity index (χ2n) is 9.02. The molecule has 0 atom stereocenters. The Morgan fingerprint density at radius 3 is 1.55 bits per heavy atom. The monoisotopic (exact) mass is 690 g/mol. The predicted octanol–water partition coefficient (Wildman–Crippen LogP) is -5.71. The number of aromatic amines is 2. The number of fused-ring (bicyclic) bond motifs is 6. The Balaban J connectivity index is 0.000000452. The van der Waals surface area contributed by atoms with Crippen LogP contribution in [-0.4, -0.2) is 105 Å². The van der Waals surface area contributed by atoms with E-state index in [4.69, 9.17) is 19.8 Å². The van der Waals surface area contributed by atoms with Gasteiger partial charge in [0.15, 0.2) is 5.78 Å². The van der Waals surface area contributed by atoms with Crippen LogP contribution in [0, 0.1) is 6.20 Å². The number of rotatable bonds is 6. The van der Waals surface area contributed by atoms with E-state index in [9.17, 15) is 53.4 Å². The number of carbonyl (C=O) groups excluding carboxylic acids is 7. The number of carbonyl (C=O) groups is 9. The molecule has 0 radical (unpaired) electrons. The zero-order valence-electron chi connectivity index (χ0n) is 25.4. The Morgan fingerprint density at radius 1 is 0.706 bits per heavy atom. The molecular formula is C28H12Li2N4O17. The number of ketones is 4. The predicted molar refractivity (Wildman–Crippen MR) is 146 cm³/mol. The van der Waals surface area contributed by atoms with E-state index in [1.807, 2.05) is 0 Å². The Hall–Kier alpha value is -6.58. The Morgan fingerprint density at radius 2 is 1.14 bits per heavy atom. The number of ether oxygens (including phenoxy) is 1. The molecule has 51 heavy (non-hydrogen) atoms. The fourth-order valence-corrected chi connectivity index (χ4v) is 4.56. The van der Waals surface area contributed by atoms with Crippen LogP contribution in [0.2, 0.25) is 0 Å². The van der Waals surface area contributed by atoms with Crippen molar-refractivity contribution in [2.24, 2.45) is 0 Å². The number of aromatic nitrogens is 4. The van der Waals surface area contributed by atoms with E-state index in [2.05, 4.69) is 30.9 Å². The zero-order chi connectivity index (χ0) is 35.6. The van der Waals surface area contributed by atoms with Crippen molar-refractivity contribution in [3.63, 3.8) is 0 Å². The quantitative estimate of drug-likeness (QED) is 0.0475. The SMILES string of the molecule is O=C(O)c1cc(C(=O)O)c2c(n1)C(=O)C(=O)c1c[c-][nH]c1-2.O=C=O.O=COc1cc2c([nH]1)-c1c(C(=O)O)cc(C(=O)O)nc1C(=O)C2=O.[Li+].[Li+].[OH-]. The molecule has 23 heteroatoms. The Kier molecular flexibility index (Phi) is 13.9. The van der Waals surface area contributed by atoms with Crippen molar-refractivity contribution in [1.82, 2.24) is 19.9 Å². The van der Waals surface area contributed by atoms with Crippen LogP contribution >= 0.6 is 0 Å². The van der Waals surface area contributed by atoms with Crippen molar-refractivity contribution >= 4 is 59.6 Å². The van der Waals surface area contributed by atoms with Crippen LogP contribution in [0.1, 0.15) is 83.4 Å². The van der Waals surface area contributed by atoms with Gasteiger partial charge < -0.3 is 45.4 Å². The molecule has 0 saturated carbocycles. The van der Waals surface area contributed by atoms with Crippen molar-refractivity contribution in [3.8, 4) is 28.4 Å². The van der Waals surface area contributed by atoms with Gasteiger partial charge in [0.05, 0.1) is 22.4 Å². The number of Topliss-reactive ketones (excluding diaryl/α,β-unsaturated/α-hetero) is 4. The van der Waals surface area contributed by atoms with E-state index in [0.717, 1.165) is 18.2 Å². The van der Waals surface area contributed by atoms with Gasteiger partial charge in [-0.3, -0.25) is 19.2 Å². The second kappa shape index (κ2) is 16.7. The fourth-order valence-electron chi connectivity index (χ4n) is 4.56. The number of carboxylic acids is 4. The Labute approximate surface area is 303 Å². The van der Waals surface area contributed by atoms with E-state index in [1.54, 1.807) is 0 Å². The third-order valence-electron chi connectivity index (χ3n) is 6.42. The molecule has 248 valence electrons. The normalized spacial score (nSPS) is 11.2. The van der Waals surface area contributed by atoms with Gasteiger partial charge in [-0.2, -0.15) is 15.7 Å². The number of aromatic carboxylic acids is 4. The first-order chi connectivity index (χ1) is 22.7. The first-order valence-corrected chi connectivity index (χ1v) is 12.3. The molecule has 2 aliphatic carbocycles. The molecule has 0 fully saturated rings. The molecule has 0 unspecified atom stereocenters. The maximum atomic E-state index is 12.2. The van der Waals surface area contributed by atoms with Crippen molar-refractivity contribution in [2.45, 2.75) is 0 Å². The summed E-state index contributed by atoms with van der Waals surface area (Å²) in [5, 5.41) is 36.5. The van der Waals surface area contributed by atoms with Crippen LogP contribution in [0.5, 0.6) is 5.88 Å². The molecule has 7 N–H and O–H groups in total. The molecule has 2 aliphatic rings. The number of pyridine rings is 2. The number of H-pyrrole nitrogens is 2. The summed E-state index contributed by atoms with van der Waals surface area (Å²) < 4.78 is 4.56. The molecule has 0 saturated heterocycles. The van der Waals surface area contributed by atoms with Gasteiger partial charge in [-0.1, -0.05) is 5.69 Å². The first-order valence-electron chi connectivity index (χ1n) is 12.3. The maximum Gasteiger partial charge on any atom is 1.00 e. The van der Waals surface area contributed by atoms with E-state index in [1.165, 1.54) is 6.07 Å². The number of nitrogens with one attached hydrogen (secondary N) is 2. The summed E-state index contributed by atoms with van der Waals surface area (Å²) in [6.07, 6.45) is 2.75. The fraction of sp³-hybridized carbons (Fsp3) is 0. The summed E-state index contributed by atoms with van der Waals surface area (Å²) >= 11 is 0. The summed E-state index contributed by atoms with van der Waals surface area (Å²) in [4.78, 5) is 132. The van der Waals surface area contributed by atoms with Gasteiger partial charge in [-0.25, -0.2) is 29.1 Å². The summed E-state index contributed by atoms with van der Waals surface area (Å²) in [6.45, 7) is 0.0778. The number of hydrogen-bond acceptors (Lipinski definition) is 15. The van der Waals surface area contributed by atoms with Crippen LogP contribution < -0.4 is 42.5 Å². The van der Waals surface area contributed by atoms with E-state index in [-0.39, 0.29) is 95.3 Å². The molecule has 0 bridgehead atoms. The summed E-state index contributed by atoms with van der Waals surface area (Å²) in [5.74, 6) is -10.3. The van der Waals surface area contributed by atoms with Gasteiger partial charge in [0.25, 0.3) is 12.3 Å². The minimum absolute atomic E-state index is 0. The average Bonchev–Trinajstić information content (AvgIpc) is 3.70.